The first-order valence-electron chi connectivity index (χ1n) is 9.32. The van der Waals surface area contributed by atoms with Crippen LogP contribution in [0.3, 0.4) is 0 Å². The maximum Gasteiger partial charge on any atom is 0.146 e. The average molecular weight is 360 g/mol. The Morgan fingerprint density at radius 1 is 0.920 bits per heavy atom. The van der Waals surface area contributed by atoms with Gasteiger partial charge in [-0.25, -0.2) is 9.97 Å². The van der Waals surface area contributed by atoms with Crippen molar-refractivity contribution < 1.29 is 9.47 Å². The van der Waals surface area contributed by atoms with Gasteiger partial charge < -0.3 is 14.4 Å². The van der Waals surface area contributed by atoms with Gasteiger partial charge in [0.1, 0.15) is 16.5 Å². The van der Waals surface area contributed by atoms with Crippen LogP contribution in [0.5, 0.6) is 0 Å². The fourth-order valence-electron chi connectivity index (χ4n) is 4.05. The zero-order valence-corrected chi connectivity index (χ0v) is 15.3. The maximum atomic E-state index is 5.55. The number of nitrogens with zero attached hydrogens (tertiary/aromatic N) is 4. The zero-order valence-electron chi connectivity index (χ0n) is 14.5. The number of aromatic nitrogens is 2. The molecule has 0 bridgehead atoms. The van der Waals surface area contributed by atoms with Gasteiger partial charge in [-0.1, -0.05) is 0 Å². The molecular formula is C18H24N4O2S. The van der Waals surface area contributed by atoms with Crippen molar-refractivity contribution in [1.82, 2.24) is 14.9 Å². The first-order valence-corrected chi connectivity index (χ1v) is 10.1. The van der Waals surface area contributed by atoms with Crippen LogP contribution >= 0.6 is 11.3 Å². The van der Waals surface area contributed by atoms with Crippen LogP contribution in [0.2, 0.25) is 0 Å². The zero-order chi connectivity index (χ0) is 16.6. The molecule has 2 saturated heterocycles. The Kier molecular flexibility index (Phi) is 4.33. The molecule has 0 amide bonds. The maximum absolute atomic E-state index is 5.55. The summed E-state index contributed by atoms with van der Waals surface area (Å²) < 4.78 is 11.0. The smallest absolute Gasteiger partial charge is 0.146 e. The topological polar surface area (TPSA) is 50.7 Å². The van der Waals surface area contributed by atoms with Crippen molar-refractivity contribution in [2.24, 2.45) is 0 Å². The Labute approximate surface area is 151 Å². The highest BCUT2D eigenvalue weighted by Gasteiger charge is 2.26. The highest BCUT2D eigenvalue weighted by atomic mass is 32.1. The van der Waals surface area contributed by atoms with Crippen molar-refractivity contribution in [2.45, 2.75) is 25.8 Å². The Bertz CT molecular complexity index is 766. The lowest BCUT2D eigenvalue weighted by molar-refractivity contribution is 0.0331. The van der Waals surface area contributed by atoms with Crippen LogP contribution in [0, 0.1) is 0 Å². The van der Waals surface area contributed by atoms with Crippen LogP contribution in [0.1, 0.15) is 22.7 Å². The van der Waals surface area contributed by atoms with E-state index in [4.69, 9.17) is 19.4 Å². The predicted molar refractivity (Wildman–Crippen MR) is 98.6 cm³/mol. The van der Waals surface area contributed by atoms with E-state index >= 15 is 0 Å². The highest BCUT2D eigenvalue weighted by molar-refractivity contribution is 7.19. The first-order chi connectivity index (χ1) is 12.4. The van der Waals surface area contributed by atoms with Gasteiger partial charge in [0, 0.05) is 31.1 Å². The van der Waals surface area contributed by atoms with Gasteiger partial charge in [0.15, 0.2) is 0 Å². The quantitative estimate of drug-likeness (QED) is 0.833. The molecule has 0 atom stereocenters. The van der Waals surface area contributed by atoms with E-state index in [-0.39, 0.29) is 0 Å². The third kappa shape index (κ3) is 3.03. The van der Waals surface area contributed by atoms with Crippen LogP contribution < -0.4 is 4.90 Å². The van der Waals surface area contributed by atoms with E-state index < -0.39 is 0 Å². The summed E-state index contributed by atoms with van der Waals surface area (Å²) in [6.45, 7) is 7.80. The number of hydrogen-bond acceptors (Lipinski definition) is 7. The summed E-state index contributed by atoms with van der Waals surface area (Å²) in [6.07, 6.45) is 3.66. The third-order valence-electron chi connectivity index (χ3n) is 5.37. The van der Waals surface area contributed by atoms with Gasteiger partial charge in [-0.2, -0.15) is 0 Å². The molecule has 134 valence electrons. The van der Waals surface area contributed by atoms with E-state index in [9.17, 15) is 0 Å². The molecule has 7 heteroatoms. The Morgan fingerprint density at radius 2 is 1.68 bits per heavy atom. The van der Waals surface area contributed by atoms with E-state index in [1.165, 1.54) is 39.9 Å². The molecule has 1 aliphatic carbocycles. The number of rotatable bonds is 3. The van der Waals surface area contributed by atoms with Gasteiger partial charge >= 0.3 is 0 Å². The summed E-state index contributed by atoms with van der Waals surface area (Å²) in [6, 6.07) is 0. The summed E-state index contributed by atoms with van der Waals surface area (Å²) in [5.41, 5.74) is 1.51. The molecule has 0 unspecified atom stereocenters. The van der Waals surface area contributed by atoms with Gasteiger partial charge in [0.05, 0.1) is 38.4 Å². The normalized spacial score (nSPS) is 21.8. The summed E-state index contributed by atoms with van der Waals surface area (Å²) in [7, 11) is 0. The SMILES string of the molecule is C1Cc2sc3nc(CN4CCOCC4)nc(N4CCOCC4)c3c2C1. The number of morpholine rings is 2. The molecule has 3 aliphatic rings. The molecule has 2 fully saturated rings. The second-order valence-corrected chi connectivity index (χ2v) is 8.07. The third-order valence-corrected chi connectivity index (χ3v) is 6.56. The molecule has 0 spiro atoms. The summed E-state index contributed by atoms with van der Waals surface area (Å²) >= 11 is 1.89. The van der Waals surface area contributed by atoms with Crippen molar-refractivity contribution >= 4 is 27.4 Å². The average Bonchev–Trinajstić information content (AvgIpc) is 3.23. The van der Waals surface area contributed by atoms with Crippen molar-refractivity contribution in [3.63, 3.8) is 0 Å². The largest absolute Gasteiger partial charge is 0.379 e. The van der Waals surface area contributed by atoms with E-state index in [1.54, 1.807) is 0 Å². The van der Waals surface area contributed by atoms with Gasteiger partial charge in [0.25, 0.3) is 0 Å². The number of anilines is 1. The second-order valence-electron chi connectivity index (χ2n) is 6.99. The fourth-order valence-corrected chi connectivity index (χ4v) is 5.33. The molecule has 4 heterocycles. The Balaban J connectivity index is 1.55. The lowest BCUT2D eigenvalue weighted by Gasteiger charge is -2.30. The molecule has 0 radical (unpaired) electrons. The van der Waals surface area contributed by atoms with Crippen LogP contribution in [0.15, 0.2) is 0 Å². The van der Waals surface area contributed by atoms with Gasteiger partial charge in [-0.15, -0.1) is 11.3 Å². The van der Waals surface area contributed by atoms with E-state index in [2.05, 4.69) is 9.80 Å². The summed E-state index contributed by atoms with van der Waals surface area (Å²) in [5.74, 6) is 2.10. The molecule has 2 aromatic heterocycles. The molecule has 0 aromatic carbocycles. The minimum absolute atomic E-state index is 0.788. The second kappa shape index (κ2) is 6.79. The molecule has 5 rings (SSSR count). The van der Waals surface area contributed by atoms with E-state index in [1.807, 2.05) is 11.3 Å². The highest BCUT2D eigenvalue weighted by Crippen LogP contribution is 2.40. The minimum Gasteiger partial charge on any atom is -0.379 e. The Morgan fingerprint density at radius 3 is 2.48 bits per heavy atom. The number of ether oxygens (including phenoxy) is 2. The lowest BCUT2D eigenvalue weighted by Crippen LogP contribution is -2.38. The van der Waals surface area contributed by atoms with Crippen molar-refractivity contribution in [1.29, 1.82) is 0 Å². The van der Waals surface area contributed by atoms with Crippen LogP contribution in [0.4, 0.5) is 5.82 Å². The van der Waals surface area contributed by atoms with Crippen molar-refractivity contribution in [3.8, 4) is 0 Å². The summed E-state index contributed by atoms with van der Waals surface area (Å²) in [5, 5.41) is 1.32. The van der Waals surface area contributed by atoms with Crippen LogP contribution in [0.25, 0.3) is 10.2 Å². The number of thiophene rings is 1. The Hall–Kier alpha value is -1.28. The van der Waals surface area contributed by atoms with E-state index in [0.717, 1.165) is 70.8 Å². The van der Waals surface area contributed by atoms with Crippen LogP contribution in [-0.2, 0) is 28.9 Å². The molecule has 2 aliphatic heterocycles. The summed E-state index contributed by atoms with van der Waals surface area (Å²) in [4.78, 5) is 17.5. The molecule has 25 heavy (non-hydrogen) atoms. The van der Waals surface area contributed by atoms with Crippen molar-refractivity contribution in [3.05, 3.63) is 16.3 Å². The predicted octanol–water partition coefficient (Wildman–Crippen LogP) is 1.85. The molecule has 0 saturated carbocycles. The number of fused-ring (bicyclic) bond motifs is 3. The molecule has 2 aromatic rings. The molecule has 6 nitrogen and oxygen atoms in total. The van der Waals surface area contributed by atoms with Gasteiger partial charge in [-0.05, 0) is 24.8 Å². The lowest BCUT2D eigenvalue weighted by atomic mass is 10.1. The van der Waals surface area contributed by atoms with E-state index in [0.29, 0.717) is 0 Å². The van der Waals surface area contributed by atoms with Gasteiger partial charge in [0.2, 0.25) is 0 Å². The standard InChI is InChI=1S/C18H24N4O2S/c1-2-13-14(3-1)25-18-16(13)17(22-6-10-24-11-7-22)19-15(20-18)12-21-4-8-23-9-5-21/h1-12H2. The van der Waals surface area contributed by atoms with Crippen LogP contribution in [-0.4, -0.2) is 67.5 Å². The fraction of sp³-hybridized carbons (Fsp3) is 0.667. The van der Waals surface area contributed by atoms with Crippen molar-refractivity contribution in [2.75, 3.05) is 57.5 Å². The minimum atomic E-state index is 0.788. The molecular weight excluding hydrogens is 336 g/mol. The van der Waals surface area contributed by atoms with Gasteiger partial charge in [-0.3, -0.25) is 4.90 Å². The number of hydrogen-bond donors (Lipinski definition) is 0. The monoisotopic (exact) mass is 360 g/mol. The molecule has 0 N–H and O–H groups in total. The number of aryl methyl sites for hydroxylation is 2. The first kappa shape index (κ1) is 15.9.